The summed E-state index contributed by atoms with van der Waals surface area (Å²) in [5, 5.41) is 8.03. The van der Waals surface area contributed by atoms with Crippen molar-refractivity contribution in [2.45, 2.75) is 65.5 Å². The van der Waals surface area contributed by atoms with Crippen LogP contribution >= 0.6 is 0 Å². The van der Waals surface area contributed by atoms with Crippen molar-refractivity contribution < 1.29 is 9.53 Å². The minimum absolute atomic E-state index is 0.201. The van der Waals surface area contributed by atoms with Crippen LogP contribution in [0.4, 0.5) is 4.79 Å². The highest BCUT2D eigenvalue weighted by Crippen LogP contribution is 2.16. The number of hydrogen-bond acceptors (Lipinski definition) is 4. The van der Waals surface area contributed by atoms with Gasteiger partial charge in [-0.2, -0.15) is 5.10 Å². The van der Waals surface area contributed by atoms with Crippen LogP contribution in [0.25, 0.3) is 0 Å². The summed E-state index contributed by atoms with van der Waals surface area (Å²) in [6, 6.07) is 0.369. The fourth-order valence-electron chi connectivity index (χ4n) is 3.17. The summed E-state index contributed by atoms with van der Waals surface area (Å²) in [5.74, 6) is 0. The second-order valence-corrected chi connectivity index (χ2v) is 7.74. The van der Waals surface area contributed by atoms with Crippen LogP contribution in [0.15, 0.2) is 0 Å². The van der Waals surface area contributed by atoms with Gasteiger partial charge in [-0.3, -0.25) is 4.68 Å². The fourth-order valence-corrected chi connectivity index (χ4v) is 3.17. The SMILES string of the molecule is Cc1nn(C)c(C)c1CCCNC1CCN(C(=O)OC(C)(C)C)C1. The molecule has 1 saturated heterocycles. The molecule has 6 heteroatoms. The average Bonchev–Trinajstić information content (AvgIpc) is 3.01. The van der Waals surface area contributed by atoms with Crippen molar-refractivity contribution in [2.75, 3.05) is 19.6 Å². The number of hydrogen-bond donors (Lipinski definition) is 1. The average molecular weight is 336 g/mol. The van der Waals surface area contributed by atoms with Crippen LogP contribution in [0.5, 0.6) is 0 Å². The van der Waals surface area contributed by atoms with Gasteiger partial charge < -0.3 is 15.0 Å². The van der Waals surface area contributed by atoms with E-state index in [1.165, 1.54) is 11.3 Å². The van der Waals surface area contributed by atoms with Crippen molar-refractivity contribution >= 4 is 6.09 Å². The number of carbonyl (C=O) groups is 1. The lowest BCUT2D eigenvalue weighted by Crippen LogP contribution is -2.38. The predicted octanol–water partition coefficient (Wildman–Crippen LogP) is 2.57. The zero-order valence-corrected chi connectivity index (χ0v) is 16.0. The van der Waals surface area contributed by atoms with E-state index in [2.05, 4.69) is 24.3 Å². The van der Waals surface area contributed by atoms with E-state index < -0.39 is 5.60 Å². The van der Waals surface area contributed by atoms with Gasteiger partial charge in [-0.1, -0.05) is 0 Å². The number of nitrogens with zero attached hydrogens (tertiary/aromatic N) is 3. The molecule has 0 bridgehead atoms. The van der Waals surface area contributed by atoms with Crippen molar-refractivity contribution in [3.63, 3.8) is 0 Å². The Morgan fingerprint density at radius 3 is 2.67 bits per heavy atom. The zero-order valence-electron chi connectivity index (χ0n) is 16.0. The molecular formula is C18H32N4O2. The van der Waals surface area contributed by atoms with Gasteiger partial charge in [0.1, 0.15) is 5.60 Å². The van der Waals surface area contributed by atoms with E-state index in [-0.39, 0.29) is 6.09 Å². The summed E-state index contributed by atoms with van der Waals surface area (Å²) in [6.45, 7) is 12.4. The summed E-state index contributed by atoms with van der Waals surface area (Å²) in [4.78, 5) is 13.9. The van der Waals surface area contributed by atoms with E-state index >= 15 is 0 Å². The van der Waals surface area contributed by atoms with Crippen LogP contribution in [-0.4, -0.2) is 52.1 Å². The first-order valence-corrected chi connectivity index (χ1v) is 8.88. The number of likely N-dealkylation sites (tertiary alicyclic amines) is 1. The molecular weight excluding hydrogens is 304 g/mol. The minimum Gasteiger partial charge on any atom is -0.444 e. The summed E-state index contributed by atoms with van der Waals surface area (Å²) in [7, 11) is 1.99. The van der Waals surface area contributed by atoms with Crippen LogP contribution in [0.3, 0.4) is 0 Å². The molecule has 1 aromatic rings. The Labute approximate surface area is 145 Å². The van der Waals surface area contributed by atoms with Crippen molar-refractivity contribution in [1.29, 1.82) is 0 Å². The zero-order chi connectivity index (χ0) is 17.9. The lowest BCUT2D eigenvalue weighted by Gasteiger charge is -2.24. The van der Waals surface area contributed by atoms with Gasteiger partial charge in [-0.05, 0) is 66.0 Å². The second-order valence-electron chi connectivity index (χ2n) is 7.74. The molecule has 2 heterocycles. The molecule has 1 aliphatic rings. The summed E-state index contributed by atoms with van der Waals surface area (Å²) in [6.07, 6.45) is 2.91. The maximum Gasteiger partial charge on any atom is 0.410 e. The standard InChI is InChI=1S/C18H32N4O2/c1-13-16(14(2)21(6)20-13)8-7-10-19-15-9-11-22(12-15)17(23)24-18(3,4)5/h15,19H,7-12H2,1-6H3. The lowest BCUT2D eigenvalue weighted by atomic mass is 10.1. The highest BCUT2D eigenvalue weighted by molar-refractivity contribution is 5.68. The van der Waals surface area contributed by atoms with E-state index in [9.17, 15) is 4.79 Å². The molecule has 24 heavy (non-hydrogen) atoms. The van der Waals surface area contributed by atoms with Gasteiger partial charge in [0, 0.05) is 31.9 Å². The van der Waals surface area contributed by atoms with Crippen molar-refractivity contribution in [3.8, 4) is 0 Å². The Hall–Kier alpha value is -1.56. The number of amides is 1. The number of aromatic nitrogens is 2. The molecule has 0 aromatic carbocycles. The second kappa shape index (κ2) is 7.55. The minimum atomic E-state index is -0.429. The van der Waals surface area contributed by atoms with E-state index in [1.807, 2.05) is 32.5 Å². The number of rotatable bonds is 5. The summed E-state index contributed by atoms with van der Waals surface area (Å²) < 4.78 is 7.38. The Bertz CT molecular complexity index is 574. The van der Waals surface area contributed by atoms with Crippen LogP contribution < -0.4 is 5.32 Å². The summed E-state index contributed by atoms with van der Waals surface area (Å²) >= 11 is 0. The van der Waals surface area contributed by atoms with Crippen molar-refractivity contribution in [2.24, 2.45) is 7.05 Å². The Morgan fingerprint density at radius 1 is 1.38 bits per heavy atom. The topological polar surface area (TPSA) is 59.4 Å². The van der Waals surface area contributed by atoms with Crippen molar-refractivity contribution in [3.05, 3.63) is 17.0 Å². The van der Waals surface area contributed by atoms with E-state index in [4.69, 9.17) is 4.74 Å². The molecule has 6 nitrogen and oxygen atoms in total. The molecule has 0 aliphatic carbocycles. The third-order valence-corrected chi connectivity index (χ3v) is 4.54. The first-order chi connectivity index (χ1) is 11.2. The molecule has 0 saturated carbocycles. The van der Waals surface area contributed by atoms with Gasteiger partial charge in [0.15, 0.2) is 0 Å². The van der Waals surface area contributed by atoms with E-state index in [0.29, 0.717) is 6.04 Å². The first-order valence-electron chi connectivity index (χ1n) is 8.88. The molecule has 1 N–H and O–H groups in total. The van der Waals surface area contributed by atoms with Gasteiger partial charge >= 0.3 is 6.09 Å². The largest absolute Gasteiger partial charge is 0.444 e. The highest BCUT2D eigenvalue weighted by atomic mass is 16.6. The molecule has 136 valence electrons. The molecule has 1 unspecified atom stereocenters. The molecule has 1 amide bonds. The Balaban J connectivity index is 1.70. The predicted molar refractivity (Wildman–Crippen MR) is 95.2 cm³/mol. The van der Waals surface area contributed by atoms with Crippen LogP contribution in [-0.2, 0) is 18.2 Å². The number of nitrogens with one attached hydrogen (secondary N) is 1. The summed E-state index contributed by atoms with van der Waals surface area (Å²) in [5.41, 5.74) is 3.32. The fraction of sp³-hybridized carbons (Fsp3) is 0.778. The number of ether oxygens (including phenoxy) is 1. The highest BCUT2D eigenvalue weighted by Gasteiger charge is 2.29. The van der Waals surface area contributed by atoms with Gasteiger partial charge in [0.05, 0.1) is 5.69 Å². The third kappa shape index (κ3) is 4.97. The van der Waals surface area contributed by atoms with Gasteiger partial charge in [0.2, 0.25) is 0 Å². The third-order valence-electron chi connectivity index (χ3n) is 4.54. The Kier molecular flexibility index (Phi) is 5.91. The van der Waals surface area contributed by atoms with Gasteiger partial charge in [-0.15, -0.1) is 0 Å². The molecule has 1 aromatic heterocycles. The smallest absolute Gasteiger partial charge is 0.410 e. The molecule has 1 atom stereocenters. The molecule has 1 aliphatic heterocycles. The molecule has 2 rings (SSSR count). The lowest BCUT2D eigenvalue weighted by molar-refractivity contribution is 0.0291. The van der Waals surface area contributed by atoms with Crippen LogP contribution in [0.1, 0.15) is 50.6 Å². The molecule has 1 fully saturated rings. The monoisotopic (exact) mass is 336 g/mol. The van der Waals surface area contributed by atoms with Crippen LogP contribution in [0, 0.1) is 13.8 Å². The molecule has 0 spiro atoms. The van der Waals surface area contributed by atoms with Crippen molar-refractivity contribution in [1.82, 2.24) is 20.0 Å². The van der Waals surface area contributed by atoms with Gasteiger partial charge in [0.25, 0.3) is 0 Å². The normalized spacial score (nSPS) is 18.2. The van der Waals surface area contributed by atoms with E-state index in [0.717, 1.165) is 44.6 Å². The van der Waals surface area contributed by atoms with Crippen LogP contribution in [0.2, 0.25) is 0 Å². The van der Waals surface area contributed by atoms with Gasteiger partial charge in [-0.25, -0.2) is 4.79 Å². The maximum atomic E-state index is 12.1. The van der Waals surface area contributed by atoms with E-state index in [1.54, 1.807) is 4.90 Å². The number of carbonyl (C=O) groups excluding carboxylic acids is 1. The maximum absolute atomic E-state index is 12.1. The first kappa shape index (κ1) is 18.8. The number of aryl methyl sites for hydroxylation is 2. The quantitative estimate of drug-likeness (QED) is 0.840. The molecule has 0 radical (unpaired) electrons. The Morgan fingerprint density at radius 2 is 2.08 bits per heavy atom.